The van der Waals surface area contributed by atoms with Gasteiger partial charge in [0.15, 0.2) is 34.5 Å². The van der Waals surface area contributed by atoms with Crippen LogP contribution < -0.4 is 5.32 Å². The van der Waals surface area contributed by atoms with Gasteiger partial charge in [0.2, 0.25) is 6.10 Å². The van der Waals surface area contributed by atoms with Gasteiger partial charge in [-0.2, -0.15) is 0 Å². The van der Waals surface area contributed by atoms with Crippen molar-refractivity contribution in [3.05, 3.63) is 96.1 Å². The molecule has 0 unspecified atom stereocenters. The molecule has 12 nitrogen and oxygen atoms in total. The first-order valence-electron chi connectivity index (χ1n) is 15.1. The van der Waals surface area contributed by atoms with Crippen molar-refractivity contribution in [1.29, 1.82) is 0 Å². The molecule has 0 fully saturated rings. The van der Waals surface area contributed by atoms with Gasteiger partial charge < -0.3 is 50.9 Å². The first-order chi connectivity index (χ1) is 23.4. The molecule has 0 aliphatic carbocycles. The average Bonchev–Trinajstić information content (AvgIpc) is 3.07. The molecule has 5 aromatic carbocycles. The number of hydrogen-bond acceptors (Lipinski definition) is 11. The van der Waals surface area contributed by atoms with E-state index in [9.17, 15) is 50.4 Å². The van der Waals surface area contributed by atoms with E-state index in [-0.39, 0.29) is 29.0 Å². The van der Waals surface area contributed by atoms with Crippen LogP contribution in [0.1, 0.15) is 24.0 Å². The van der Waals surface area contributed by atoms with Crippen LogP contribution >= 0.6 is 0 Å². The van der Waals surface area contributed by atoms with E-state index in [1.807, 2.05) is 0 Å². The van der Waals surface area contributed by atoms with E-state index in [0.29, 0.717) is 39.7 Å². The number of benzene rings is 5. The van der Waals surface area contributed by atoms with Gasteiger partial charge >= 0.3 is 11.9 Å². The van der Waals surface area contributed by atoms with Gasteiger partial charge in [0.25, 0.3) is 0 Å². The van der Waals surface area contributed by atoms with Crippen molar-refractivity contribution in [3.8, 4) is 62.5 Å². The van der Waals surface area contributed by atoms with Crippen molar-refractivity contribution in [2.45, 2.75) is 18.9 Å². The van der Waals surface area contributed by atoms with Crippen LogP contribution in [0, 0.1) is 0 Å². The van der Waals surface area contributed by atoms with Gasteiger partial charge in [0.1, 0.15) is 5.75 Å². The quantitative estimate of drug-likeness (QED) is 0.0484. The number of esters is 1. The van der Waals surface area contributed by atoms with Crippen molar-refractivity contribution < 1.29 is 55.2 Å². The monoisotopic (exact) mass is 667 g/mol. The molecule has 0 radical (unpaired) electrons. The van der Waals surface area contributed by atoms with Crippen LogP contribution in [0.2, 0.25) is 0 Å². The third-order valence-corrected chi connectivity index (χ3v) is 8.00. The second kappa shape index (κ2) is 14.2. The van der Waals surface area contributed by atoms with Gasteiger partial charge in [-0.15, -0.1) is 0 Å². The van der Waals surface area contributed by atoms with Gasteiger partial charge in [0, 0.05) is 23.9 Å². The van der Waals surface area contributed by atoms with Gasteiger partial charge in [-0.25, -0.2) is 9.59 Å². The molecule has 0 saturated heterocycles. The van der Waals surface area contributed by atoms with E-state index in [4.69, 9.17) is 4.74 Å². The van der Waals surface area contributed by atoms with Crippen LogP contribution in [0.4, 0.5) is 0 Å². The summed E-state index contributed by atoms with van der Waals surface area (Å²) in [6, 6.07) is 18.8. The first kappa shape index (κ1) is 33.9. The number of carboxylic acid groups (broad SMARTS) is 1. The lowest BCUT2D eigenvalue weighted by atomic mass is 9.91. The molecule has 0 heterocycles. The van der Waals surface area contributed by atoms with Gasteiger partial charge in [0.05, 0.1) is 0 Å². The van der Waals surface area contributed by atoms with Gasteiger partial charge in [-0.05, 0) is 106 Å². The highest BCUT2D eigenvalue weighted by Gasteiger charge is 2.33. The summed E-state index contributed by atoms with van der Waals surface area (Å²) in [4.78, 5) is 25.4. The first-order valence-corrected chi connectivity index (χ1v) is 15.1. The molecule has 5 aromatic rings. The Morgan fingerprint density at radius 3 is 2.04 bits per heavy atom. The molecule has 0 bridgehead atoms. The number of aromatic hydroxyl groups is 7. The molecule has 0 aliphatic rings. The van der Waals surface area contributed by atoms with E-state index in [1.54, 1.807) is 31.2 Å². The SMILES string of the molecule is CCNC[C@@H](c1ccc(O)c(O)c1)[C@@H](OC(=O)/C=C/c1cc(O)c(O)c2ccc(-c3cc(O)c(O)cc3-c3cccc(O)c3)cc12)C(=O)O. The van der Waals surface area contributed by atoms with Crippen molar-refractivity contribution in [3.63, 3.8) is 0 Å². The summed E-state index contributed by atoms with van der Waals surface area (Å²) in [6.07, 6.45) is 0.550. The summed E-state index contributed by atoms with van der Waals surface area (Å²) in [6.45, 7) is 2.33. The number of aliphatic carboxylic acids is 1. The maximum Gasteiger partial charge on any atom is 0.345 e. The number of nitrogens with one attached hydrogen (secondary N) is 1. The highest BCUT2D eigenvalue weighted by molar-refractivity contribution is 6.02. The highest BCUT2D eigenvalue weighted by atomic mass is 16.6. The zero-order valence-corrected chi connectivity index (χ0v) is 26.0. The van der Waals surface area contributed by atoms with E-state index >= 15 is 0 Å². The van der Waals surface area contributed by atoms with E-state index in [1.165, 1.54) is 60.7 Å². The normalized spacial score (nSPS) is 12.6. The van der Waals surface area contributed by atoms with E-state index in [2.05, 4.69) is 5.32 Å². The van der Waals surface area contributed by atoms with Crippen LogP contribution in [-0.2, 0) is 14.3 Å². The molecule has 2 atom stereocenters. The number of carbonyl (C=O) groups excluding carboxylic acids is 1. The van der Waals surface area contributed by atoms with Crippen LogP contribution in [0.3, 0.4) is 0 Å². The number of likely N-dealkylation sites (N-methyl/N-ethyl adjacent to an activating group) is 1. The van der Waals surface area contributed by atoms with Crippen molar-refractivity contribution >= 4 is 28.8 Å². The predicted molar refractivity (Wildman–Crippen MR) is 181 cm³/mol. The zero-order chi connectivity index (χ0) is 35.4. The fraction of sp³-hybridized carbons (Fsp3) is 0.135. The number of carbonyl (C=O) groups is 2. The summed E-state index contributed by atoms with van der Waals surface area (Å²) in [5.74, 6) is -6.04. The number of phenolic OH excluding ortho intramolecular Hbond substituents is 7. The Morgan fingerprint density at radius 2 is 1.41 bits per heavy atom. The molecule has 0 aliphatic heterocycles. The molecule has 0 aromatic heterocycles. The molecule has 252 valence electrons. The molecule has 49 heavy (non-hydrogen) atoms. The minimum atomic E-state index is -1.70. The van der Waals surface area contributed by atoms with Crippen molar-refractivity contribution in [2.75, 3.05) is 13.1 Å². The summed E-state index contributed by atoms with van der Waals surface area (Å²) in [7, 11) is 0. The number of hydrogen-bond donors (Lipinski definition) is 9. The summed E-state index contributed by atoms with van der Waals surface area (Å²) < 4.78 is 5.38. The Hall–Kier alpha value is -6.40. The lowest BCUT2D eigenvalue weighted by Crippen LogP contribution is -2.38. The minimum absolute atomic E-state index is 0.0199. The van der Waals surface area contributed by atoms with Crippen LogP contribution in [0.5, 0.6) is 40.2 Å². The van der Waals surface area contributed by atoms with Crippen molar-refractivity contribution in [1.82, 2.24) is 5.32 Å². The van der Waals surface area contributed by atoms with Gasteiger partial charge in [-0.1, -0.05) is 31.2 Å². The Kier molecular flexibility index (Phi) is 9.81. The Morgan fingerprint density at radius 1 is 0.735 bits per heavy atom. The number of ether oxygens (including phenoxy) is 1. The lowest BCUT2D eigenvalue weighted by Gasteiger charge is -2.24. The minimum Gasteiger partial charge on any atom is -0.508 e. The Labute approximate surface area is 279 Å². The van der Waals surface area contributed by atoms with Crippen LogP contribution in [-0.4, -0.2) is 72.0 Å². The molecular formula is C37H33NO11. The predicted octanol–water partition coefficient (Wildman–Crippen LogP) is 5.52. The summed E-state index contributed by atoms with van der Waals surface area (Å²) in [5.41, 5.74) is 2.48. The van der Waals surface area contributed by atoms with Gasteiger partial charge in [-0.3, -0.25) is 0 Å². The molecule has 0 saturated carbocycles. The third kappa shape index (κ3) is 7.29. The standard InChI is InChI=1S/C37H33NO11/c1-2-38-18-28(22-7-10-29(40)30(41)14-22)36(37(47)48)49-34(45)11-8-21-15-33(44)35(46)24-9-6-20(13-25(21)24)27-17-32(43)31(42)16-26(27)19-4-3-5-23(39)12-19/h3-17,28,36,38-44,46H,2,18H2,1H3,(H,47,48)/b11-8+/t28-,36+/m0/s1. The number of carboxylic acids is 1. The lowest BCUT2D eigenvalue weighted by molar-refractivity contribution is -0.162. The second-order valence-electron chi connectivity index (χ2n) is 11.2. The molecule has 12 heteroatoms. The third-order valence-electron chi connectivity index (χ3n) is 8.00. The summed E-state index contributed by atoms with van der Waals surface area (Å²) in [5, 5.41) is 85.2. The smallest absolute Gasteiger partial charge is 0.345 e. The number of rotatable bonds is 11. The summed E-state index contributed by atoms with van der Waals surface area (Å²) >= 11 is 0. The maximum atomic E-state index is 13.1. The molecular weight excluding hydrogens is 634 g/mol. The van der Waals surface area contributed by atoms with Crippen molar-refractivity contribution in [2.24, 2.45) is 0 Å². The Balaban J connectivity index is 1.53. The second-order valence-corrected chi connectivity index (χ2v) is 11.2. The van der Waals surface area contributed by atoms with E-state index < -0.39 is 52.7 Å². The van der Waals surface area contributed by atoms with Crippen LogP contribution in [0.25, 0.3) is 39.1 Å². The maximum absolute atomic E-state index is 13.1. The largest absolute Gasteiger partial charge is 0.508 e. The average molecular weight is 668 g/mol. The highest BCUT2D eigenvalue weighted by Crippen LogP contribution is 2.43. The van der Waals surface area contributed by atoms with Crippen LogP contribution in [0.15, 0.2) is 84.9 Å². The Bertz CT molecular complexity index is 2090. The topological polar surface area (TPSA) is 217 Å². The number of phenols is 7. The molecule has 0 amide bonds. The van der Waals surface area contributed by atoms with E-state index in [0.717, 1.165) is 6.08 Å². The number of fused-ring (bicyclic) bond motifs is 1. The molecule has 0 spiro atoms. The molecule has 5 rings (SSSR count). The fourth-order valence-electron chi connectivity index (χ4n) is 5.55. The fourth-order valence-corrected chi connectivity index (χ4v) is 5.55. The molecule has 9 N–H and O–H groups in total. The zero-order valence-electron chi connectivity index (χ0n) is 26.0.